The van der Waals surface area contributed by atoms with Gasteiger partial charge < -0.3 is 0 Å². The van der Waals surface area contributed by atoms with E-state index in [0.29, 0.717) is 0 Å². The van der Waals surface area contributed by atoms with Gasteiger partial charge in [-0.25, -0.2) is 4.98 Å². The van der Waals surface area contributed by atoms with E-state index < -0.39 is 0 Å². The molecule has 0 aliphatic heterocycles. The maximum Gasteiger partial charge on any atom is 0.252 e. The zero-order chi connectivity index (χ0) is 14.3. The van der Waals surface area contributed by atoms with Crippen LogP contribution in [-0.4, -0.2) is 9.55 Å². The molecule has 0 unspecified atom stereocenters. The van der Waals surface area contributed by atoms with Gasteiger partial charge in [0.1, 0.15) is 5.65 Å². The summed E-state index contributed by atoms with van der Waals surface area (Å²) >= 11 is 0. The van der Waals surface area contributed by atoms with Crippen LogP contribution in [0.25, 0.3) is 22.2 Å². The van der Waals surface area contributed by atoms with Crippen LogP contribution < -0.4 is 5.56 Å². The Morgan fingerprint density at radius 3 is 2.45 bits per heavy atom. The van der Waals surface area contributed by atoms with Gasteiger partial charge in [-0.05, 0) is 36.6 Å². The van der Waals surface area contributed by atoms with E-state index in [-0.39, 0.29) is 5.56 Å². The highest BCUT2D eigenvalue weighted by Crippen LogP contribution is 2.28. The summed E-state index contributed by atoms with van der Waals surface area (Å²) in [6, 6.07) is 13.7. The van der Waals surface area contributed by atoms with Crippen LogP contribution in [0.15, 0.2) is 47.3 Å². The van der Waals surface area contributed by atoms with Crippen LogP contribution in [-0.2, 0) is 7.05 Å². The molecule has 3 aromatic rings. The van der Waals surface area contributed by atoms with Crippen LogP contribution in [0.3, 0.4) is 0 Å². The molecule has 0 fully saturated rings. The maximum atomic E-state index is 12.2. The number of rotatable bonds is 1. The Labute approximate surface area is 117 Å². The van der Waals surface area contributed by atoms with Crippen LogP contribution in [0.1, 0.15) is 11.3 Å². The first-order valence-corrected chi connectivity index (χ1v) is 6.61. The molecule has 0 amide bonds. The number of aromatic nitrogens is 2. The fourth-order valence-electron chi connectivity index (χ4n) is 2.63. The quantitative estimate of drug-likeness (QED) is 0.676. The molecule has 0 N–H and O–H groups in total. The minimum atomic E-state index is -0.0335. The third kappa shape index (κ3) is 1.92. The average molecular weight is 264 g/mol. The first-order chi connectivity index (χ1) is 9.58. The summed E-state index contributed by atoms with van der Waals surface area (Å²) < 4.78 is 1.61. The van der Waals surface area contributed by atoms with Crippen molar-refractivity contribution in [3.63, 3.8) is 0 Å². The van der Waals surface area contributed by atoms with Gasteiger partial charge in [0.25, 0.3) is 5.56 Å². The molecule has 2 aromatic heterocycles. The predicted octanol–water partition coefficient (Wildman–Crippen LogP) is 3.22. The van der Waals surface area contributed by atoms with Gasteiger partial charge in [-0.15, -0.1) is 0 Å². The minimum Gasteiger partial charge on any atom is -0.296 e. The monoisotopic (exact) mass is 264 g/mol. The molecule has 0 saturated carbocycles. The third-order valence-corrected chi connectivity index (χ3v) is 3.60. The van der Waals surface area contributed by atoms with Gasteiger partial charge in [-0.2, -0.15) is 0 Å². The van der Waals surface area contributed by atoms with Gasteiger partial charge in [0.05, 0.1) is 0 Å². The van der Waals surface area contributed by atoms with E-state index in [9.17, 15) is 4.79 Å². The standard InChI is InChI=1S/C17H16N2O/c1-11-9-12(2)18-17-16(11)14(10-15(20)19(17)3)13-7-5-4-6-8-13/h4-10H,1-3H3. The number of aryl methyl sites for hydroxylation is 3. The number of pyridine rings is 2. The molecule has 0 saturated heterocycles. The first kappa shape index (κ1) is 12.6. The van der Waals surface area contributed by atoms with Crippen molar-refractivity contribution < 1.29 is 0 Å². The zero-order valence-corrected chi connectivity index (χ0v) is 11.8. The predicted molar refractivity (Wildman–Crippen MR) is 81.9 cm³/mol. The van der Waals surface area contributed by atoms with Crippen molar-refractivity contribution >= 4 is 11.0 Å². The summed E-state index contributed by atoms with van der Waals surface area (Å²) in [5, 5.41) is 1.05. The normalized spacial score (nSPS) is 10.9. The van der Waals surface area contributed by atoms with Crippen molar-refractivity contribution in [3.05, 3.63) is 64.1 Å². The molecule has 3 rings (SSSR count). The number of nitrogens with zero attached hydrogens (tertiary/aromatic N) is 2. The second kappa shape index (κ2) is 4.60. The first-order valence-electron chi connectivity index (χ1n) is 6.61. The van der Waals surface area contributed by atoms with E-state index in [4.69, 9.17) is 0 Å². The lowest BCUT2D eigenvalue weighted by Gasteiger charge is -2.12. The van der Waals surface area contributed by atoms with Crippen LogP contribution in [0.5, 0.6) is 0 Å². The molecule has 0 atom stereocenters. The summed E-state index contributed by atoms with van der Waals surface area (Å²) in [5.74, 6) is 0. The van der Waals surface area contributed by atoms with Gasteiger partial charge in [-0.3, -0.25) is 9.36 Å². The van der Waals surface area contributed by atoms with Crippen LogP contribution in [0, 0.1) is 13.8 Å². The van der Waals surface area contributed by atoms with E-state index in [1.54, 1.807) is 17.7 Å². The van der Waals surface area contributed by atoms with Crippen molar-refractivity contribution in [1.29, 1.82) is 0 Å². The number of hydrogen-bond donors (Lipinski definition) is 0. The smallest absolute Gasteiger partial charge is 0.252 e. The molecular weight excluding hydrogens is 248 g/mol. The van der Waals surface area contributed by atoms with E-state index >= 15 is 0 Å². The van der Waals surface area contributed by atoms with Crippen LogP contribution in [0.4, 0.5) is 0 Å². The van der Waals surface area contributed by atoms with Gasteiger partial charge in [-0.1, -0.05) is 30.3 Å². The summed E-state index contributed by atoms with van der Waals surface area (Å²) in [4.78, 5) is 16.7. The fraction of sp³-hybridized carbons (Fsp3) is 0.176. The van der Waals surface area contributed by atoms with Crippen molar-refractivity contribution in [2.75, 3.05) is 0 Å². The molecule has 0 aliphatic carbocycles. The average Bonchev–Trinajstić information content (AvgIpc) is 2.43. The Morgan fingerprint density at radius 2 is 1.75 bits per heavy atom. The van der Waals surface area contributed by atoms with Crippen LogP contribution >= 0.6 is 0 Å². The summed E-state index contributed by atoms with van der Waals surface area (Å²) in [6.07, 6.45) is 0. The minimum absolute atomic E-state index is 0.0335. The molecular formula is C17H16N2O. The SMILES string of the molecule is Cc1cc(C)c2c(-c3ccccc3)cc(=O)n(C)c2n1. The Bertz CT molecular complexity index is 848. The summed E-state index contributed by atoms with van der Waals surface area (Å²) in [7, 11) is 1.77. The largest absolute Gasteiger partial charge is 0.296 e. The molecule has 0 bridgehead atoms. The fourth-order valence-corrected chi connectivity index (χ4v) is 2.63. The van der Waals surface area contributed by atoms with E-state index in [0.717, 1.165) is 33.4 Å². The molecule has 100 valence electrons. The van der Waals surface area contributed by atoms with Gasteiger partial charge >= 0.3 is 0 Å². The molecule has 1 aromatic carbocycles. The van der Waals surface area contributed by atoms with E-state index in [1.165, 1.54) is 0 Å². The molecule has 0 radical (unpaired) electrons. The summed E-state index contributed by atoms with van der Waals surface area (Å²) in [6.45, 7) is 4.01. The molecule has 3 nitrogen and oxygen atoms in total. The molecule has 0 aliphatic rings. The number of fused-ring (bicyclic) bond motifs is 1. The van der Waals surface area contributed by atoms with Crippen molar-refractivity contribution in [2.24, 2.45) is 7.05 Å². The highest BCUT2D eigenvalue weighted by Gasteiger charge is 2.12. The topological polar surface area (TPSA) is 34.9 Å². The second-order valence-electron chi connectivity index (χ2n) is 5.10. The second-order valence-corrected chi connectivity index (χ2v) is 5.10. The Kier molecular flexibility index (Phi) is 2.90. The van der Waals surface area contributed by atoms with Crippen molar-refractivity contribution in [3.8, 4) is 11.1 Å². The highest BCUT2D eigenvalue weighted by molar-refractivity contribution is 5.95. The lowest BCUT2D eigenvalue weighted by atomic mass is 9.99. The van der Waals surface area contributed by atoms with Crippen molar-refractivity contribution in [1.82, 2.24) is 9.55 Å². The maximum absolute atomic E-state index is 12.2. The lowest BCUT2D eigenvalue weighted by Crippen LogP contribution is -2.18. The molecule has 0 spiro atoms. The van der Waals surface area contributed by atoms with E-state index in [1.807, 2.05) is 37.3 Å². The molecule has 3 heteroatoms. The Balaban J connectivity index is 2.51. The lowest BCUT2D eigenvalue weighted by molar-refractivity contribution is 0.883. The van der Waals surface area contributed by atoms with Gasteiger partial charge in [0.15, 0.2) is 0 Å². The molecule has 2 heterocycles. The van der Waals surface area contributed by atoms with E-state index in [2.05, 4.69) is 18.0 Å². The third-order valence-electron chi connectivity index (χ3n) is 3.60. The number of benzene rings is 1. The van der Waals surface area contributed by atoms with Crippen molar-refractivity contribution in [2.45, 2.75) is 13.8 Å². The van der Waals surface area contributed by atoms with Gasteiger partial charge in [0.2, 0.25) is 0 Å². The summed E-state index contributed by atoms with van der Waals surface area (Å²) in [5.41, 5.74) is 4.78. The Morgan fingerprint density at radius 1 is 1.05 bits per heavy atom. The van der Waals surface area contributed by atoms with Gasteiger partial charge in [0, 0.05) is 24.2 Å². The molecule has 20 heavy (non-hydrogen) atoms. The Hall–Kier alpha value is -2.42. The number of hydrogen-bond acceptors (Lipinski definition) is 2. The van der Waals surface area contributed by atoms with Crippen LogP contribution in [0.2, 0.25) is 0 Å². The zero-order valence-electron chi connectivity index (χ0n) is 11.8. The highest BCUT2D eigenvalue weighted by atomic mass is 16.1.